The van der Waals surface area contributed by atoms with Crippen LogP contribution in [0, 0.1) is 0 Å². The van der Waals surface area contributed by atoms with Gasteiger partial charge in [0.1, 0.15) is 16.6 Å². The van der Waals surface area contributed by atoms with Crippen LogP contribution in [0.1, 0.15) is 19.3 Å². The van der Waals surface area contributed by atoms with Crippen molar-refractivity contribution in [1.29, 1.82) is 0 Å². The zero-order valence-electron chi connectivity index (χ0n) is 17.1. The summed E-state index contributed by atoms with van der Waals surface area (Å²) in [5, 5.41) is 0. The van der Waals surface area contributed by atoms with Crippen molar-refractivity contribution in [3.63, 3.8) is 0 Å². The number of rotatable bonds is 14. The molecular weight excluding hydrogens is 369 g/mol. The number of hydrogen-bond donors (Lipinski definition) is 0. The second-order valence-electron chi connectivity index (χ2n) is 8.93. The molecule has 0 aromatic rings. The predicted octanol–water partition coefficient (Wildman–Crippen LogP) is 3.50. The average molecular weight is 409 g/mol. The number of epoxide rings is 1. The van der Waals surface area contributed by atoms with E-state index < -0.39 is 25.0 Å². The smallest absolute Gasteiger partial charge is 0.173 e. The molecular formula is C16H40O4Si4. The zero-order valence-corrected chi connectivity index (χ0v) is 22.1. The fourth-order valence-corrected chi connectivity index (χ4v) is 13.8. The van der Waals surface area contributed by atoms with E-state index in [1.807, 2.05) is 0 Å². The summed E-state index contributed by atoms with van der Waals surface area (Å²) in [6, 6.07) is 3.78. The van der Waals surface area contributed by atoms with Crippen LogP contribution in [0.5, 0.6) is 0 Å². The van der Waals surface area contributed by atoms with Gasteiger partial charge in [0.15, 0.2) is 25.0 Å². The third kappa shape index (κ3) is 11.3. The van der Waals surface area contributed by atoms with Crippen molar-refractivity contribution in [3.8, 4) is 0 Å². The van der Waals surface area contributed by atoms with Crippen molar-refractivity contribution in [2.45, 2.75) is 82.8 Å². The first kappa shape index (κ1) is 22.7. The lowest BCUT2D eigenvalue weighted by Gasteiger charge is -2.34. The second-order valence-corrected chi connectivity index (χ2v) is 23.4. The van der Waals surface area contributed by atoms with Gasteiger partial charge in [0.25, 0.3) is 0 Å². The Morgan fingerprint density at radius 3 is 1.88 bits per heavy atom. The maximum absolute atomic E-state index is 6.71. The van der Waals surface area contributed by atoms with Crippen LogP contribution in [0.25, 0.3) is 0 Å². The van der Waals surface area contributed by atoms with Crippen LogP contribution in [-0.2, 0) is 17.7 Å². The van der Waals surface area contributed by atoms with Crippen LogP contribution >= 0.6 is 0 Å². The molecule has 8 heteroatoms. The summed E-state index contributed by atoms with van der Waals surface area (Å²) in [5.41, 5.74) is 0. The van der Waals surface area contributed by atoms with Gasteiger partial charge < -0.3 is 17.7 Å². The average Bonchev–Trinajstić information content (AvgIpc) is 3.26. The number of ether oxygens (including phenoxy) is 2. The Kier molecular flexibility index (Phi) is 9.62. The summed E-state index contributed by atoms with van der Waals surface area (Å²) >= 11 is 0. The first-order valence-electron chi connectivity index (χ1n) is 9.50. The minimum Gasteiger partial charge on any atom is -0.463 e. The highest BCUT2D eigenvalue weighted by Crippen LogP contribution is 2.25. The molecule has 0 aromatic heterocycles. The molecule has 0 bridgehead atoms. The molecule has 1 heterocycles. The van der Waals surface area contributed by atoms with Crippen LogP contribution in [-0.4, -0.2) is 61.4 Å². The van der Waals surface area contributed by atoms with Gasteiger partial charge >= 0.3 is 0 Å². The summed E-state index contributed by atoms with van der Waals surface area (Å²) < 4.78 is 23.3. The highest BCUT2D eigenvalue weighted by molar-refractivity contribution is 6.84. The molecule has 0 spiro atoms. The summed E-state index contributed by atoms with van der Waals surface area (Å²) in [6.45, 7) is 16.7. The van der Waals surface area contributed by atoms with Crippen molar-refractivity contribution in [2.75, 3.05) is 19.8 Å². The summed E-state index contributed by atoms with van der Waals surface area (Å²) in [7, 11) is -3.54. The molecule has 1 aliphatic rings. The lowest BCUT2D eigenvalue weighted by molar-refractivity contribution is 0.116. The number of unbranched alkanes of at least 4 members (excludes halogenated alkanes) is 1. The molecule has 0 radical (unpaired) electrons. The lowest BCUT2D eigenvalue weighted by Crippen LogP contribution is -2.44. The molecule has 1 aliphatic heterocycles. The first-order chi connectivity index (χ1) is 11.1. The molecule has 1 fully saturated rings. The maximum atomic E-state index is 6.71. The Hall–Kier alpha value is 0.708. The molecule has 0 aliphatic carbocycles. The minimum atomic E-state index is -1.56. The van der Waals surface area contributed by atoms with Gasteiger partial charge in [0.05, 0.1) is 13.2 Å². The van der Waals surface area contributed by atoms with E-state index in [1.165, 1.54) is 31.0 Å². The molecule has 4 nitrogen and oxygen atoms in total. The Morgan fingerprint density at radius 1 is 0.875 bits per heavy atom. The Labute approximate surface area is 155 Å². The molecule has 1 unspecified atom stereocenters. The van der Waals surface area contributed by atoms with Crippen molar-refractivity contribution in [1.82, 2.24) is 0 Å². The highest BCUT2D eigenvalue weighted by Gasteiger charge is 2.32. The Balaban J connectivity index is 2.16. The summed E-state index contributed by atoms with van der Waals surface area (Å²) in [5.74, 6) is 0. The van der Waals surface area contributed by atoms with Crippen LogP contribution < -0.4 is 0 Å². The maximum Gasteiger partial charge on any atom is 0.173 e. The topological polar surface area (TPSA) is 40.2 Å². The van der Waals surface area contributed by atoms with E-state index in [9.17, 15) is 0 Å². The summed E-state index contributed by atoms with van der Waals surface area (Å²) in [6.07, 6.45) is 4.11. The molecule has 1 atom stereocenters. The molecule has 0 aromatic carbocycles. The predicted molar refractivity (Wildman–Crippen MR) is 113 cm³/mol. The number of hydrogen-bond acceptors (Lipinski definition) is 4. The van der Waals surface area contributed by atoms with Gasteiger partial charge in [-0.25, -0.2) is 0 Å². The van der Waals surface area contributed by atoms with Gasteiger partial charge in [-0.2, -0.15) is 0 Å². The van der Waals surface area contributed by atoms with E-state index in [0.717, 1.165) is 36.7 Å². The van der Waals surface area contributed by atoms with Crippen molar-refractivity contribution >= 4 is 35.4 Å². The molecule has 0 amide bonds. The highest BCUT2D eigenvalue weighted by atomic mass is 28.4. The van der Waals surface area contributed by atoms with Gasteiger partial charge in [-0.3, -0.25) is 0 Å². The van der Waals surface area contributed by atoms with Crippen LogP contribution in [0.4, 0.5) is 0 Å². The zero-order chi connectivity index (χ0) is 18.3. The van der Waals surface area contributed by atoms with Crippen LogP contribution in [0.2, 0.25) is 57.4 Å². The van der Waals surface area contributed by atoms with E-state index in [2.05, 4.69) is 39.3 Å². The van der Waals surface area contributed by atoms with Crippen LogP contribution in [0.3, 0.4) is 0 Å². The minimum absolute atomic E-state index is 0.381. The molecule has 144 valence electrons. The van der Waals surface area contributed by atoms with Gasteiger partial charge in [0, 0.05) is 6.61 Å². The quantitative estimate of drug-likeness (QED) is 0.250. The monoisotopic (exact) mass is 408 g/mol. The van der Waals surface area contributed by atoms with E-state index in [-0.39, 0.29) is 0 Å². The molecule has 0 N–H and O–H groups in total. The molecule has 0 saturated carbocycles. The van der Waals surface area contributed by atoms with Gasteiger partial charge in [-0.1, -0.05) is 12.8 Å². The van der Waals surface area contributed by atoms with Crippen molar-refractivity contribution in [2.24, 2.45) is 0 Å². The van der Waals surface area contributed by atoms with Gasteiger partial charge in [0.2, 0.25) is 0 Å². The molecule has 24 heavy (non-hydrogen) atoms. The van der Waals surface area contributed by atoms with E-state index >= 15 is 0 Å². The normalized spacial score (nSPS) is 19.0. The fraction of sp³-hybridized carbons (Fsp3) is 1.00. The largest absolute Gasteiger partial charge is 0.463 e. The Morgan fingerprint density at radius 2 is 1.38 bits per heavy atom. The summed E-state index contributed by atoms with van der Waals surface area (Å²) in [4.78, 5) is 0. The van der Waals surface area contributed by atoms with Gasteiger partial charge in [-0.05, 0) is 63.8 Å². The van der Waals surface area contributed by atoms with Crippen LogP contribution in [0.15, 0.2) is 0 Å². The van der Waals surface area contributed by atoms with Crippen molar-refractivity contribution < 1.29 is 17.7 Å². The second kappa shape index (κ2) is 10.1. The lowest BCUT2D eigenvalue weighted by atomic mass is 10.4. The van der Waals surface area contributed by atoms with Gasteiger partial charge in [-0.15, -0.1) is 0 Å². The third-order valence-corrected chi connectivity index (χ3v) is 18.2. The SMILES string of the molecule is C[Si](C)(CCCC[Si](C)(C)O[Si](C)(C)CCCOCC1CO1)O[SiH3]. The van der Waals surface area contributed by atoms with Crippen molar-refractivity contribution in [3.05, 3.63) is 0 Å². The standard InChI is InChI=1S/C16H40O4Si4/c1-22(2,19-21)11-7-8-12-23(3,4)20-24(5,6)13-9-10-17-14-16-15-18-16/h16H,7-15H2,1-6,21H3. The fourth-order valence-electron chi connectivity index (χ4n) is 3.03. The molecule has 1 rings (SSSR count). The third-order valence-electron chi connectivity index (χ3n) is 4.69. The van der Waals surface area contributed by atoms with E-state index in [0.29, 0.717) is 6.10 Å². The first-order valence-corrected chi connectivity index (χ1v) is 19.7. The van der Waals surface area contributed by atoms with E-state index in [1.54, 1.807) is 0 Å². The van der Waals surface area contributed by atoms with E-state index in [4.69, 9.17) is 17.7 Å². The molecule has 1 saturated heterocycles. The Bertz CT molecular complexity index is 360.